The summed E-state index contributed by atoms with van der Waals surface area (Å²) in [5.74, 6) is -0.324. The molecule has 0 unspecified atom stereocenters. The molecule has 21 heavy (non-hydrogen) atoms. The second kappa shape index (κ2) is 5.69. The number of nitrogens with zero attached hydrogens (tertiary/aromatic N) is 2. The van der Waals surface area contributed by atoms with Crippen LogP contribution in [0.25, 0.3) is 10.9 Å². The van der Waals surface area contributed by atoms with Crippen LogP contribution in [0.15, 0.2) is 53.1 Å². The smallest absolute Gasteiger partial charge is 0.337 e. The summed E-state index contributed by atoms with van der Waals surface area (Å²) in [4.78, 5) is 11.4. The van der Waals surface area contributed by atoms with Crippen LogP contribution in [0, 0.1) is 0 Å². The van der Waals surface area contributed by atoms with Gasteiger partial charge in [-0.3, -0.25) is 4.68 Å². The van der Waals surface area contributed by atoms with Gasteiger partial charge in [-0.25, -0.2) is 4.79 Å². The molecule has 0 bridgehead atoms. The molecule has 0 aliphatic carbocycles. The van der Waals surface area contributed by atoms with E-state index in [0.29, 0.717) is 12.1 Å². The molecular weight excluding hydrogens is 332 g/mol. The Kier molecular flexibility index (Phi) is 3.75. The van der Waals surface area contributed by atoms with Crippen LogP contribution >= 0.6 is 15.9 Å². The lowest BCUT2D eigenvalue weighted by atomic mass is 10.1. The highest BCUT2D eigenvalue weighted by atomic mass is 79.9. The molecule has 0 spiro atoms. The van der Waals surface area contributed by atoms with Gasteiger partial charge in [-0.2, -0.15) is 5.10 Å². The Morgan fingerprint density at radius 3 is 2.67 bits per heavy atom. The van der Waals surface area contributed by atoms with E-state index in [2.05, 4.69) is 25.8 Å². The van der Waals surface area contributed by atoms with Crippen molar-refractivity contribution < 1.29 is 9.53 Å². The summed E-state index contributed by atoms with van der Waals surface area (Å²) in [6.45, 7) is 0.655. The van der Waals surface area contributed by atoms with Crippen LogP contribution in [-0.2, 0) is 11.3 Å². The van der Waals surface area contributed by atoms with Crippen molar-refractivity contribution in [2.75, 3.05) is 7.11 Å². The number of halogens is 1. The van der Waals surface area contributed by atoms with Crippen molar-refractivity contribution in [1.29, 1.82) is 0 Å². The Morgan fingerprint density at radius 1 is 1.24 bits per heavy atom. The molecule has 0 saturated carbocycles. The number of methoxy groups -OCH3 is 1. The average molecular weight is 345 g/mol. The van der Waals surface area contributed by atoms with Gasteiger partial charge in [0.05, 0.1) is 24.7 Å². The molecule has 1 heterocycles. The minimum absolute atomic E-state index is 0.324. The molecule has 0 atom stereocenters. The van der Waals surface area contributed by atoms with Gasteiger partial charge >= 0.3 is 5.97 Å². The number of hydrogen-bond donors (Lipinski definition) is 0. The van der Waals surface area contributed by atoms with Crippen molar-refractivity contribution in [3.8, 4) is 0 Å². The third-order valence-electron chi connectivity index (χ3n) is 3.26. The molecule has 1 aromatic heterocycles. The first-order valence-electron chi connectivity index (χ1n) is 6.46. The zero-order chi connectivity index (χ0) is 14.8. The van der Waals surface area contributed by atoms with E-state index in [1.165, 1.54) is 7.11 Å². The molecule has 3 rings (SSSR count). The number of fused-ring (bicyclic) bond motifs is 1. The molecule has 4 nitrogen and oxygen atoms in total. The molecule has 0 fully saturated rings. The van der Waals surface area contributed by atoms with E-state index in [1.807, 2.05) is 41.2 Å². The first kappa shape index (κ1) is 13.8. The van der Waals surface area contributed by atoms with Gasteiger partial charge in [0, 0.05) is 16.1 Å². The lowest BCUT2D eigenvalue weighted by Crippen LogP contribution is -2.03. The average Bonchev–Trinajstić information content (AvgIpc) is 2.91. The quantitative estimate of drug-likeness (QED) is 0.681. The Morgan fingerprint density at radius 2 is 2.00 bits per heavy atom. The molecule has 0 aliphatic rings. The summed E-state index contributed by atoms with van der Waals surface area (Å²) < 4.78 is 7.61. The number of aromatic nitrogens is 2. The molecule has 0 radical (unpaired) electrons. The van der Waals surface area contributed by atoms with Gasteiger partial charge in [-0.05, 0) is 29.8 Å². The standard InChI is InChI=1S/C16H13BrN2O2/c1-21-16(20)12-7-5-11(6-8-12)9-19-10-13-14(17)3-2-4-15(13)18-19/h2-8,10H,9H2,1H3. The van der Waals surface area contributed by atoms with Crippen molar-refractivity contribution >= 4 is 32.8 Å². The number of carbonyl (C=O) groups excluding carboxylic acids is 1. The van der Waals surface area contributed by atoms with Crippen molar-refractivity contribution in [3.63, 3.8) is 0 Å². The van der Waals surface area contributed by atoms with Gasteiger partial charge in [0.2, 0.25) is 0 Å². The highest BCUT2D eigenvalue weighted by Crippen LogP contribution is 2.22. The number of rotatable bonds is 3. The Labute approximate surface area is 130 Å². The maximum Gasteiger partial charge on any atom is 0.337 e. The maximum atomic E-state index is 11.4. The topological polar surface area (TPSA) is 44.1 Å². The summed E-state index contributed by atoms with van der Waals surface area (Å²) >= 11 is 3.52. The molecule has 0 aliphatic heterocycles. The number of benzene rings is 2. The zero-order valence-electron chi connectivity index (χ0n) is 11.4. The summed E-state index contributed by atoms with van der Waals surface area (Å²) in [7, 11) is 1.38. The van der Waals surface area contributed by atoms with Crippen LogP contribution in [0.3, 0.4) is 0 Å². The second-order valence-corrected chi connectivity index (χ2v) is 5.54. The first-order valence-corrected chi connectivity index (χ1v) is 7.25. The van der Waals surface area contributed by atoms with E-state index in [0.717, 1.165) is 20.9 Å². The van der Waals surface area contributed by atoms with Gasteiger partial charge in [-0.15, -0.1) is 0 Å². The van der Waals surface area contributed by atoms with Gasteiger partial charge in [-0.1, -0.05) is 34.1 Å². The summed E-state index contributed by atoms with van der Waals surface area (Å²) in [5, 5.41) is 5.62. The Balaban J connectivity index is 1.85. The van der Waals surface area contributed by atoms with Gasteiger partial charge in [0.25, 0.3) is 0 Å². The zero-order valence-corrected chi connectivity index (χ0v) is 13.0. The number of ether oxygens (including phenoxy) is 1. The fourth-order valence-corrected chi connectivity index (χ4v) is 2.65. The second-order valence-electron chi connectivity index (χ2n) is 4.69. The van der Waals surface area contributed by atoms with E-state index < -0.39 is 0 Å². The molecule has 106 valence electrons. The molecule has 0 amide bonds. The van der Waals surface area contributed by atoms with Crippen molar-refractivity contribution in [2.24, 2.45) is 0 Å². The van der Waals surface area contributed by atoms with Crippen molar-refractivity contribution in [1.82, 2.24) is 9.78 Å². The van der Waals surface area contributed by atoms with Gasteiger partial charge in [0.1, 0.15) is 0 Å². The van der Waals surface area contributed by atoms with Crippen LogP contribution in [0.1, 0.15) is 15.9 Å². The van der Waals surface area contributed by atoms with Crippen molar-refractivity contribution in [3.05, 3.63) is 64.3 Å². The fourth-order valence-electron chi connectivity index (χ4n) is 2.19. The van der Waals surface area contributed by atoms with E-state index in [-0.39, 0.29) is 5.97 Å². The van der Waals surface area contributed by atoms with Gasteiger partial charge in [0.15, 0.2) is 0 Å². The first-order chi connectivity index (χ1) is 10.2. The molecule has 2 aromatic carbocycles. The number of esters is 1. The SMILES string of the molecule is COC(=O)c1ccc(Cn2cc3c(Br)cccc3n2)cc1. The van der Waals surface area contributed by atoms with E-state index in [1.54, 1.807) is 12.1 Å². The van der Waals surface area contributed by atoms with Crippen LogP contribution in [-0.4, -0.2) is 22.9 Å². The molecular formula is C16H13BrN2O2. The molecule has 3 aromatic rings. The highest BCUT2D eigenvalue weighted by molar-refractivity contribution is 9.10. The molecule has 0 saturated heterocycles. The minimum Gasteiger partial charge on any atom is -0.465 e. The lowest BCUT2D eigenvalue weighted by Gasteiger charge is -2.03. The van der Waals surface area contributed by atoms with Gasteiger partial charge < -0.3 is 4.74 Å². The maximum absolute atomic E-state index is 11.4. The number of hydrogen-bond acceptors (Lipinski definition) is 3. The summed E-state index contributed by atoms with van der Waals surface area (Å²) in [6, 6.07) is 13.3. The molecule has 0 N–H and O–H groups in total. The summed E-state index contributed by atoms with van der Waals surface area (Å²) in [6.07, 6.45) is 2.01. The third-order valence-corrected chi connectivity index (χ3v) is 3.96. The molecule has 5 heteroatoms. The lowest BCUT2D eigenvalue weighted by molar-refractivity contribution is 0.0600. The highest BCUT2D eigenvalue weighted by Gasteiger charge is 2.06. The van der Waals surface area contributed by atoms with E-state index >= 15 is 0 Å². The van der Waals surface area contributed by atoms with E-state index in [4.69, 9.17) is 0 Å². The normalized spacial score (nSPS) is 10.8. The monoisotopic (exact) mass is 344 g/mol. The van der Waals surface area contributed by atoms with Crippen LogP contribution in [0.4, 0.5) is 0 Å². The predicted molar refractivity (Wildman–Crippen MR) is 84.3 cm³/mol. The van der Waals surface area contributed by atoms with Crippen LogP contribution < -0.4 is 0 Å². The summed E-state index contributed by atoms with van der Waals surface area (Å²) in [5.41, 5.74) is 2.58. The Hall–Kier alpha value is -2.14. The predicted octanol–water partition coefficient (Wildman–Crippen LogP) is 3.63. The fraction of sp³-hybridized carbons (Fsp3) is 0.125. The largest absolute Gasteiger partial charge is 0.465 e. The van der Waals surface area contributed by atoms with Crippen molar-refractivity contribution in [2.45, 2.75) is 6.54 Å². The van der Waals surface area contributed by atoms with Crippen LogP contribution in [0.2, 0.25) is 0 Å². The van der Waals surface area contributed by atoms with Crippen LogP contribution in [0.5, 0.6) is 0 Å². The Bertz CT molecular complexity index is 794. The third kappa shape index (κ3) is 2.83. The minimum atomic E-state index is -0.324. The van der Waals surface area contributed by atoms with E-state index in [9.17, 15) is 4.79 Å². The number of carbonyl (C=O) groups is 1.